The quantitative estimate of drug-likeness (QED) is 0.389. The highest BCUT2D eigenvalue weighted by Gasteiger charge is 2.20. The monoisotopic (exact) mass is 239 g/mol. The average molecular weight is 239 g/mol. The second kappa shape index (κ2) is 8.88. The van der Waals surface area contributed by atoms with Gasteiger partial charge in [-0.25, -0.2) is 0 Å². The van der Waals surface area contributed by atoms with Gasteiger partial charge < -0.3 is 15.3 Å². The molecule has 0 aliphatic rings. The Morgan fingerprint density at radius 3 is 2.59 bits per heavy atom. The van der Waals surface area contributed by atoms with E-state index in [1.807, 2.05) is 20.0 Å². The molecule has 0 heterocycles. The lowest BCUT2D eigenvalue weighted by molar-refractivity contribution is -0.136. The number of nitrogens with zero attached hydrogens (tertiary/aromatic N) is 2. The molecule has 6 heteroatoms. The van der Waals surface area contributed by atoms with Crippen LogP contribution in [0.3, 0.4) is 0 Å². The standard InChI is InChI=1S/C11H22BN3O2/c1-4-12(5-2)17-11(16)10(14)7-6-8-15(3)9-13/h10H,4-8,14H2,1-3H3/t10-/m0/s1. The first-order chi connectivity index (χ1) is 8.04. The summed E-state index contributed by atoms with van der Waals surface area (Å²) in [5, 5.41) is 8.55. The predicted molar refractivity (Wildman–Crippen MR) is 68.3 cm³/mol. The van der Waals surface area contributed by atoms with Gasteiger partial charge in [-0.3, -0.25) is 4.79 Å². The second-order valence-electron chi connectivity index (χ2n) is 4.15. The summed E-state index contributed by atoms with van der Waals surface area (Å²) in [6.45, 7) is 4.54. The largest absolute Gasteiger partial charge is 0.535 e. The van der Waals surface area contributed by atoms with Crippen LogP contribution < -0.4 is 5.73 Å². The van der Waals surface area contributed by atoms with Crippen LogP contribution in [0.25, 0.3) is 0 Å². The van der Waals surface area contributed by atoms with Crippen molar-refractivity contribution in [1.29, 1.82) is 5.26 Å². The molecule has 17 heavy (non-hydrogen) atoms. The smallest absolute Gasteiger partial charge is 0.361 e. The Bertz CT molecular complexity index is 264. The van der Waals surface area contributed by atoms with Crippen molar-refractivity contribution in [2.24, 2.45) is 5.73 Å². The third-order valence-corrected chi connectivity index (χ3v) is 2.68. The van der Waals surface area contributed by atoms with Crippen molar-refractivity contribution in [3.8, 4) is 6.19 Å². The Morgan fingerprint density at radius 1 is 1.53 bits per heavy atom. The summed E-state index contributed by atoms with van der Waals surface area (Å²) in [5.41, 5.74) is 5.73. The molecule has 2 N–H and O–H groups in total. The molecule has 0 aliphatic carbocycles. The number of carbonyl (C=O) groups excluding carboxylic acids is 1. The van der Waals surface area contributed by atoms with Crippen molar-refractivity contribution >= 4 is 12.9 Å². The lowest BCUT2D eigenvalue weighted by Crippen LogP contribution is -2.36. The van der Waals surface area contributed by atoms with E-state index in [4.69, 9.17) is 15.6 Å². The number of rotatable bonds is 8. The van der Waals surface area contributed by atoms with Gasteiger partial charge in [-0.05, 0) is 25.5 Å². The molecule has 0 fully saturated rings. The minimum Gasteiger partial charge on any atom is -0.535 e. The molecule has 0 amide bonds. The predicted octanol–water partition coefficient (Wildman–Crippen LogP) is 1.08. The number of hydrogen-bond acceptors (Lipinski definition) is 5. The molecule has 0 saturated heterocycles. The number of nitrogens with two attached hydrogens (primary N) is 1. The van der Waals surface area contributed by atoms with Gasteiger partial charge in [-0.2, -0.15) is 5.26 Å². The number of nitriles is 1. The van der Waals surface area contributed by atoms with E-state index in [1.165, 1.54) is 4.90 Å². The molecular weight excluding hydrogens is 217 g/mol. The maximum atomic E-state index is 11.6. The van der Waals surface area contributed by atoms with Crippen molar-refractivity contribution in [1.82, 2.24) is 4.90 Å². The molecule has 0 aromatic heterocycles. The van der Waals surface area contributed by atoms with Crippen LogP contribution in [0.4, 0.5) is 0 Å². The highest BCUT2D eigenvalue weighted by molar-refractivity contribution is 6.53. The molecule has 0 aromatic rings. The minimum atomic E-state index is -0.581. The summed E-state index contributed by atoms with van der Waals surface area (Å²) in [4.78, 5) is 13.1. The van der Waals surface area contributed by atoms with E-state index in [9.17, 15) is 4.79 Å². The Kier molecular flexibility index (Phi) is 8.25. The fourth-order valence-corrected chi connectivity index (χ4v) is 1.42. The van der Waals surface area contributed by atoms with Crippen LogP contribution in [-0.4, -0.2) is 37.4 Å². The highest BCUT2D eigenvalue weighted by Crippen LogP contribution is 2.04. The van der Waals surface area contributed by atoms with Gasteiger partial charge >= 0.3 is 12.9 Å². The van der Waals surface area contributed by atoms with Crippen LogP contribution in [0.1, 0.15) is 26.7 Å². The van der Waals surface area contributed by atoms with Gasteiger partial charge in [-0.15, -0.1) is 0 Å². The van der Waals surface area contributed by atoms with Crippen molar-refractivity contribution in [3.05, 3.63) is 0 Å². The van der Waals surface area contributed by atoms with E-state index in [0.29, 0.717) is 19.4 Å². The molecule has 0 aromatic carbocycles. The summed E-state index contributed by atoms with van der Waals surface area (Å²) in [6.07, 6.45) is 4.88. The zero-order valence-electron chi connectivity index (χ0n) is 11.0. The first kappa shape index (κ1) is 15.8. The van der Waals surface area contributed by atoms with Crippen LogP contribution in [0, 0.1) is 11.5 Å². The molecule has 0 unspecified atom stereocenters. The van der Waals surface area contributed by atoms with Crippen molar-refractivity contribution in [3.63, 3.8) is 0 Å². The summed E-state index contributed by atoms with van der Waals surface area (Å²) >= 11 is 0. The van der Waals surface area contributed by atoms with Crippen molar-refractivity contribution in [2.45, 2.75) is 45.4 Å². The molecule has 1 atom stereocenters. The van der Waals surface area contributed by atoms with E-state index in [1.54, 1.807) is 7.05 Å². The summed E-state index contributed by atoms with van der Waals surface area (Å²) in [7, 11) is 1.70. The van der Waals surface area contributed by atoms with Crippen LogP contribution in [0.2, 0.25) is 12.6 Å². The van der Waals surface area contributed by atoms with E-state index < -0.39 is 6.04 Å². The van der Waals surface area contributed by atoms with E-state index >= 15 is 0 Å². The first-order valence-electron chi connectivity index (χ1n) is 6.12. The maximum absolute atomic E-state index is 11.6. The van der Waals surface area contributed by atoms with Gasteiger partial charge in [0.1, 0.15) is 6.04 Å². The molecule has 5 nitrogen and oxygen atoms in total. The Hall–Kier alpha value is -1.22. The molecule has 0 aliphatic heterocycles. The molecule has 0 spiro atoms. The Labute approximate surface area is 104 Å². The molecule has 0 rings (SSSR count). The van der Waals surface area contributed by atoms with E-state index in [-0.39, 0.29) is 12.9 Å². The first-order valence-corrected chi connectivity index (χ1v) is 6.12. The fraction of sp³-hybridized carbons (Fsp3) is 0.818. The second-order valence-corrected chi connectivity index (χ2v) is 4.15. The van der Waals surface area contributed by atoms with E-state index in [0.717, 1.165) is 12.6 Å². The third kappa shape index (κ3) is 6.85. The van der Waals surface area contributed by atoms with Crippen LogP contribution in [-0.2, 0) is 9.45 Å². The molecule has 0 bridgehead atoms. The number of carbonyl (C=O) groups is 1. The molecular formula is C11H22BN3O2. The van der Waals surface area contributed by atoms with Crippen LogP contribution >= 0.6 is 0 Å². The fourth-order valence-electron chi connectivity index (χ4n) is 1.42. The highest BCUT2D eigenvalue weighted by atomic mass is 16.5. The van der Waals surface area contributed by atoms with Gasteiger partial charge in [0.25, 0.3) is 0 Å². The van der Waals surface area contributed by atoms with Gasteiger partial charge in [0.2, 0.25) is 0 Å². The summed E-state index contributed by atoms with van der Waals surface area (Å²) in [6, 6.07) is -0.581. The SMILES string of the molecule is CCB(CC)OC(=O)[C@@H](N)CCCN(C)C#N. The van der Waals surface area contributed by atoms with Gasteiger partial charge in [0.05, 0.1) is 0 Å². The topological polar surface area (TPSA) is 79.3 Å². The van der Waals surface area contributed by atoms with Gasteiger partial charge in [-0.1, -0.05) is 13.8 Å². The molecule has 96 valence electrons. The summed E-state index contributed by atoms with van der Waals surface area (Å²) in [5.74, 6) is -0.335. The Balaban J connectivity index is 3.86. The van der Waals surface area contributed by atoms with E-state index in [2.05, 4.69) is 0 Å². The third-order valence-electron chi connectivity index (χ3n) is 2.68. The van der Waals surface area contributed by atoms with Gasteiger partial charge in [0.15, 0.2) is 6.19 Å². The molecule has 0 saturated carbocycles. The average Bonchev–Trinajstić information content (AvgIpc) is 2.34. The number of hydrogen-bond donors (Lipinski definition) is 1. The van der Waals surface area contributed by atoms with Crippen LogP contribution in [0.5, 0.6) is 0 Å². The molecule has 0 radical (unpaired) electrons. The Morgan fingerprint density at radius 2 is 2.12 bits per heavy atom. The minimum absolute atomic E-state index is 0.0321. The van der Waals surface area contributed by atoms with Crippen molar-refractivity contribution < 1.29 is 9.45 Å². The lowest BCUT2D eigenvalue weighted by atomic mass is 9.62. The van der Waals surface area contributed by atoms with Crippen LogP contribution in [0.15, 0.2) is 0 Å². The van der Waals surface area contributed by atoms with Crippen molar-refractivity contribution in [2.75, 3.05) is 13.6 Å². The zero-order valence-corrected chi connectivity index (χ0v) is 11.0. The normalized spacial score (nSPS) is 11.5. The summed E-state index contributed by atoms with van der Waals surface area (Å²) < 4.78 is 5.25. The maximum Gasteiger partial charge on any atom is 0.361 e. The lowest BCUT2D eigenvalue weighted by Gasteiger charge is -2.16. The zero-order chi connectivity index (χ0) is 13.3. The van der Waals surface area contributed by atoms with Gasteiger partial charge in [0, 0.05) is 13.6 Å².